The largest absolute Gasteiger partial charge is 0.465 e. The number of aromatic nitrogens is 1. The molecule has 3 rings (SSSR count). The number of hydrogen-bond acceptors (Lipinski definition) is 6. The molecule has 1 unspecified atom stereocenters. The zero-order chi connectivity index (χ0) is 16.9. The molecule has 0 aromatic carbocycles. The van der Waals surface area contributed by atoms with Gasteiger partial charge in [0.1, 0.15) is 10.9 Å². The summed E-state index contributed by atoms with van der Waals surface area (Å²) in [6, 6.07) is 7.00. The van der Waals surface area contributed by atoms with Crippen LogP contribution >= 0.6 is 11.6 Å². The van der Waals surface area contributed by atoms with Crippen LogP contribution in [-0.4, -0.2) is 28.3 Å². The molecule has 0 radical (unpaired) electrons. The van der Waals surface area contributed by atoms with Crippen molar-refractivity contribution in [3.8, 4) is 0 Å². The third-order valence-electron chi connectivity index (χ3n) is 3.62. The summed E-state index contributed by atoms with van der Waals surface area (Å²) >= 11 is 5.78. The van der Waals surface area contributed by atoms with Crippen LogP contribution in [0, 0.1) is 10.1 Å². The molecule has 0 spiro atoms. The lowest BCUT2D eigenvalue weighted by Crippen LogP contribution is -2.42. The maximum atomic E-state index is 11.4. The Balaban J connectivity index is 1.75. The normalized spacial score (nSPS) is 18.0. The third-order valence-corrected chi connectivity index (χ3v) is 3.84. The van der Waals surface area contributed by atoms with Gasteiger partial charge in [0.15, 0.2) is 0 Å². The van der Waals surface area contributed by atoms with E-state index in [1.807, 2.05) is 6.07 Å². The maximum Gasteiger partial charge on any atom is 0.314 e. The molecule has 1 N–H and O–H groups in total. The topological polar surface area (TPSA) is 93.6 Å². The summed E-state index contributed by atoms with van der Waals surface area (Å²) in [5.74, 6) is 0.685. The number of hydrogen-bond donors (Lipinski definition) is 1. The minimum atomic E-state index is -0.458. The molecule has 1 aliphatic rings. The Bertz CT molecular complexity index is 769. The highest BCUT2D eigenvalue weighted by molar-refractivity contribution is 6.29. The van der Waals surface area contributed by atoms with Crippen molar-refractivity contribution < 1.29 is 9.34 Å². The van der Waals surface area contributed by atoms with Gasteiger partial charge in [0.05, 0.1) is 17.3 Å². The summed E-state index contributed by atoms with van der Waals surface area (Å²) in [7, 11) is 0. The van der Waals surface area contributed by atoms with Crippen molar-refractivity contribution in [1.82, 2.24) is 10.3 Å². The molecule has 124 valence electrons. The smallest absolute Gasteiger partial charge is 0.314 e. The lowest BCUT2D eigenvalue weighted by atomic mass is 10.0. The Kier molecular flexibility index (Phi) is 4.90. The molecule has 2 aromatic heterocycles. The van der Waals surface area contributed by atoms with E-state index in [4.69, 9.17) is 16.0 Å². The Hall–Kier alpha value is -2.67. The number of pyridine rings is 1. The second-order valence-electron chi connectivity index (χ2n) is 5.36. The fraction of sp³-hybridized carbons (Fsp3) is 0.250. The molecule has 3 heterocycles. The van der Waals surface area contributed by atoms with Crippen LogP contribution in [0.25, 0.3) is 6.08 Å². The van der Waals surface area contributed by atoms with Crippen LogP contribution in [0.1, 0.15) is 17.7 Å². The number of nitro groups is 1. The van der Waals surface area contributed by atoms with Gasteiger partial charge in [-0.2, -0.15) is 0 Å². The van der Waals surface area contributed by atoms with Gasteiger partial charge < -0.3 is 9.73 Å². The van der Waals surface area contributed by atoms with Gasteiger partial charge in [0.25, 0.3) is 0 Å². The van der Waals surface area contributed by atoms with Crippen molar-refractivity contribution in [2.75, 3.05) is 6.54 Å². The molecule has 0 saturated carbocycles. The molecule has 7 nitrogen and oxygen atoms in total. The van der Waals surface area contributed by atoms with Gasteiger partial charge in [-0.15, -0.1) is 0 Å². The molecule has 1 atom stereocenters. The molecule has 0 bridgehead atoms. The summed E-state index contributed by atoms with van der Waals surface area (Å²) < 4.78 is 5.15. The van der Waals surface area contributed by atoms with Crippen molar-refractivity contribution in [3.63, 3.8) is 0 Å². The van der Waals surface area contributed by atoms with Crippen LogP contribution in [0.4, 0.5) is 0 Å². The van der Waals surface area contributed by atoms with Gasteiger partial charge in [0.2, 0.25) is 5.84 Å². The number of nitrogens with zero attached hydrogens (tertiary/aromatic N) is 3. The number of furan rings is 1. The van der Waals surface area contributed by atoms with Gasteiger partial charge in [0, 0.05) is 18.8 Å². The predicted octanol–water partition coefficient (Wildman–Crippen LogP) is 2.95. The van der Waals surface area contributed by atoms with E-state index in [-0.39, 0.29) is 17.6 Å². The maximum absolute atomic E-state index is 11.4. The number of rotatable bonds is 5. The number of halogens is 1. The predicted molar refractivity (Wildman–Crippen MR) is 90.5 cm³/mol. The summed E-state index contributed by atoms with van der Waals surface area (Å²) in [4.78, 5) is 19.2. The highest BCUT2D eigenvalue weighted by Crippen LogP contribution is 2.15. The molecule has 8 heteroatoms. The quantitative estimate of drug-likeness (QED) is 0.510. The number of aliphatic imine (C=N–C) groups is 1. The summed E-state index contributed by atoms with van der Waals surface area (Å²) in [5, 5.41) is 15.0. The highest BCUT2D eigenvalue weighted by atomic mass is 35.5. The summed E-state index contributed by atoms with van der Waals surface area (Å²) in [6.07, 6.45) is 6.03. The first-order chi connectivity index (χ1) is 11.6. The van der Waals surface area contributed by atoms with Crippen LogP contribution < -0.4 is 5.32 Å². The van der Waals surface area contributed by atoms with Gasteiger partial charge >= 0.3 is 5.70 Å². The molecular weight excluding hydrogens is 332 g/mol. The van der Waals surface area contributed by atoms with E-state index in [1.165, 1.54) is 12.3 Å². The van der Waals surface area contributed by atoms with Crippen LogP contribution in [0.2, 0.25) is 5.15 Å². The first kappa shape index (κ1) is 16.2. The molecule has 0 saturated heterocycles. The van der Waals surface area contributed by atoms with E-state index >= 15 is 0 Å². The minimum Gasteiger partial charge on any atom is -0.465 e. The van der Waals surface area contributed by atoms with Crippen molar-refractivity contribution in [3.05, 3.63) is 69.0 Å². The monoisotopic (exact) mass is 346 g/mol. The third kappa shape index (κ3) is 3.99. The first-order valence-electron chi connectivity index (χ1n) is 7.43. The lowest BCUT2D eigenvalue weighted by Gasteiger charge is -2.23. The molecule has 2 aromatic rings. The van der Waals surface area contributed by atoms with E-state index in [2.05, 4.69) is 15.3 Å². The average Bonchev–Trinajstić information content (AvgIpc) is 3.08. The van der Waals surface area contributed by atoms with Crippen molar-refractivity contribution in [1.29, 1.82) is 0 Å². The van der Waals surface area contributed by atoms with E-state index in [1.54, 1.807) is 24.4 Å². The first-order valence-corrected chi connectivity index (χ1v) is 7.81. The molecular formula is C16H15ClN4O3. The lowest BCUT2D eigenvalue weighted by molar-refractivity contribution is -0.414. The number of nitrogens with one attached hydrogen (secondary N) is 1. The van der Waals surface area contributed by atoms with Crippen molar-refractivity contribution >= 4 is 23.5 Å². The highest BCUT2D eigenvalue weighted by Gasteiger charge is 2.26. The van der Waals surface area contributed by atoms with E-state index in [9.17, 15) is 10.1 Å². The Morgan fingerprint density at radius 1 is 1.50 bits per heavy atom. The van der Waals surface area contributed by atoms with Crippen LogP contribution in [-0.2, 0) is 6.42 Å². The zero-order valence-corrected chi connectivity index (χ0v) is 13.4. The molecule has 24 heavy (non-hydrogen) atoms. The van der Waals surface area contributed by atoms with Gasteiger partial charge in [-0.1, -0.05) is 17.7 Å². The number of amidine groups is 1. The Morgan fingerprint density at radius 2 is 2.38 bits per heavy atom. The van der Waals surface area contributed by atoms with Crippen LogP contribution in [0.3, 0.4) is 0 Å². The average molecular weight is 347 g/mol. The van der Waals surface area contributed by atoms with Crippen molar-refractivity contribution in [2.45, 2.75) is 18.9 Å². The summed E-state index contributed by atoms with van der Waals surface area (Å²) in [6.45, 7) is 0.525. The second-order valence-corrected chi connectivity index (χ2v) is 5.74. The van der Waals surface area contributed by atoms with Gasteiger partial charge in [-0.25, -0.2) is 4.98 Å². The Morgan fingerprint density at radius 3 is 3.04 bits per heavy atom. The fourth-order valence-corrected chi connectivity index (χ4v) is 2.59. The van der Waals surface area contributed by atoms with Crippen LogP contribution in [0.5, 0.6) is 0 Å². The van der Waals surface area contributed by atoms with Crippen LogP contribution in [0.15, 0.2) is 51.8 Å². The molecule has 1 aliphatic heterocycles. The van der Waals surface area contributed by atoms with E-state index < -0.39 is 4.92 Å². The Labute approximate surface area is 143 Å². The van der Waals surface area contributed by atoms with Gasteiger partial charge in [-0.3, -0.25) is 15.1 Å². The summed E-state index contributed by atoms with van der Waals surface area (Å²) in [5.41, 5.74) is 0.902. The fourth-order valence-electron chi connectivity index (χ4n) is 2.48. The molecule has 0 aliphatic carbocycles. The second kappa shape index (κ2) is 7.27. The molecule has 0 fully saturated rings. The van der Waals surface area contributed by atoms with Crippen molar-refractivity contribution in [2.24, 2.45) is 4.99 Å². The standard InChI is InChI=1S/C16H15ClN4O3/c17-15-4-3-11(10-19-15)8-12-5-6-18-16(20-12)14(21(22)23)9-13-2-1-7-24-13/h1-4,7,9-10,12H,5-6,8H2,(H,18,20). The van der Waals surface area contributed by atoms with E-state index in [0.29, 0.717) is 23.9 Å². The SMILES string of the molecule is O=[N+]([O-])C(=Cc1ccco1)C1=NCCC(Cc2ccc(Cl)nc2)N1. The van der Waals surface area contributed by atoms with Gasteiger partial charge in [-0.05, 0) is 36.6 Å². The molecule has 0 amide bonds. The zero-order valence-electron chi connectivity index (χ0n) is 12.7. The minimum absolute atomic E-state index is 0.0421. The van der Waals surface area contributed by atoms with E-state index in [0.717, 1.165) is 12.0 Å².